The number of aromatic nitrogens is 4. The molecule has 0 aromatic carbocycles. The number of carbonyl (C=O) groups excluding carboxylic acids is 1. The van der Waals surface area contributed by atoms with Gasteiger partial charge < -0.3 is 0 Å². The summed E-state index contributed by atoms with van der Waals surface area (Å²) < 4.78 is 1.81. The molecule has 2 aromatic rings. The molecule has 2 heterocycles. The van der Waals surface area contributed by atoms with Crippen LogP contribution in [-0.4, -0.2) is 25.5 Å². The van der Waals surface area contributed by atoms with Crippen LogP contribution >= 0.6 is 11.3 Å². The van der Waals surface area contributed by atoms with Crippen LogP contribution < -0.4 is 0 Å². The van der Waals surface area contributed by atoms with Crippen LogP contribution in [0.1, 0.15) is 40.0 Å². The highest BCUT2D eigenvalue weighted by molar-refractivity contribution is 7.13. The van der Waals surface area contributed by atoms with Crippen molar-refractivity contribution in [3.05, 3.63) is 27.7 Å². The molecule has 0 aliphatic carbocycles. The van der Waals surface area contributed by atoms with Gasteiger partial charge in [-0.3, -0.25) is 4.79 Å². The summed E-state index contributed by atoms with van der Waals surface area (Å²) in [6.45, 7) is 8.79. The first kappa shape index (κ1) is 13.9. The maximum absolute atomic E-state index is 12.3. The van der Waals surface area contributed by atoms with Gasteiger partial charge in [-0.2, -0.15) is 5.10 Å². The van der Waals surface area contributed by atoms with Crippen molar-refractivity contribution in [2.24, 2.45) is 5.92 Å². The number of nitrogens with zero attached hydrogens (tertiary/aromatic N) is 4. The van der Waals surface area contributed by atoms with E-state index in [0.717, 1.165) is 27.9 Å². The summed E-state index contributed by atoms with van der Waals surface area (Å²) in [5.74, 6) is 1.27. The van der Waals surface area contributed by atoms with E-state index in [1.165, 1.54) is 17.7 Å². The standard InChI is InChI=1S/C13H18N4OS/c1-8(2)6-17-12(14-7-15-17)5-11(18)13-9(3)16-10(4)19-13/h7-8H,5-6H2,1-4H3. The van der Waals surface area contributed by atoms with Crippen LogP contribution in [0.5, 0.6) is 0 Å². The first-order chi connectivity index (χ1) is 8.97. The molecule has 2 aromatic heterocycles. The van der Waals surface area contributed by atoms with Crippen LogP contribution in [0.25, 0.3) is 0 Å². The number of thiazole rings is 1. The molecule has 0 N–H and O–H groups in total. The Morgan fingerprint density at radius 2 is 2.16 bits per heavy atom. The van der Waals surface area contributed by atoms with E-state index in [2.05, 4.69) is 28.9 Å². The molecule has 0 spiro atoms. The predicted molar refractivity (Wildman–Crippen MR) is 74.5 cm³/mol. The zero-order valence-corrected chi connectivity index (χ0v) is 12.5. The Hall–Kier alpha value is -1.56. The summed E-state index contributed by atoms with van der Waals surface area (Å²) >= 11 is 1.45. The first-order valence-electron chi connectivity index (χ1n) is 6.31. The first-order valence-corrected chi connectivity index (χ1v) is 7.13. The Balaban J connectivity index is 2.15. The molecule has 6 heteroatoms. The SMILES string of the molecule is Cc1nc(C)c(C(=O)Cc2ncnn2CC(C)C)s1. The molecule has 0 aliphatic rings. The van der Waals surface area contributed by atoms with Crippen LogP contribution in [0.3, 0.4) is 0 Å². The third kappa shape index (κ3) is 3.26. The fourth-order valence-corrected chi connectivity index (χ4v) is 2.79. The molecule has 0 amide bonds. The molecular formula is C13H18N4OS. The van der Waals surface area contributed by atoms with Crippen molar-refractivity contribution >= 4 is 17.1 Å². The second kappa shape index (κ2) is 5.61. The van der Waals surface area contributed by atoms with Gasteiger partial charge in [0.25, 0.3) is 0 Å². The lowest BCUT2D eigenvalue weighted by atomic mass is 10.2. The lowest BCUT2D eigenvalue weighted by molar-refractivity contribution is 0.0992. The van der Waals surface area contributed by atoms with E-state index < -0.39 is 0 Å². The number of rotatable bonds is 5. The summed E-state index contributed by atoms with van der Waals surface area (Å²) in [4.78, 5) is 21.5. The van der Waals surface area contributed by atoms with Gasteiger partial charge in [0, 0.05) is 6.54 Å². The molecule has 0 atom stereocenters. The van der Waals surface area contributed by atoms with Gasteiger partial charge in [-0.05, 0) is 19.8 Å². The molecule has 0 unspecified atom stereocenters. The third-order valence-corrected chi connectivity index (χ3v) is 3.82. The third-order valence-electron chi connectivity index (χ3n) is 2.71. The van der Waals surface area contributed by atoms with Gasteiger partial charge in [0.1, 0.15) is 12.2 Å². The van der Waals surface area contributed by atoms with Crippen molar-refractivity contribution in [2.45, 2.75) is 40.7 Å². The van der Waals surface area contributed by atoms with Crippen LogP contribution in [0, 0.1) is 19.8 Å². The summed E-state index contributed by atoms with van der Waals surface area (Å²) in [7, 11) is 0. The topological polar surface area (TPSA) is 60.7 Å². The van der Waals surface area contributed by atoms with Crippen LogP contribution in [0.15, 0.2) is 6.33 Å². The Kier molecular flexibility index (Phi) is 4.09. The lowest BCUT2D eigenvalue weighted by Gasteiger charge is -2.07. The minimum Gasteiger partial charge on any atom is -0.293 e. The lowest BCUT2D eigenvalue weighted by Crippen LogP contribution is -2.14. The zero-order chi connectivity index (χ0) is 14.0. The molecule has 0 radical (unpaired) electrons. The molecule has 0 fully saturated rings. The van der Waals surface area contributed by atoms with E-state index >= 15 is 0 Å². The molecule has 5 nitrogen and oxygen atoms in total. The fraction of sp³-hybridized carbons (Fsp3) is 0.538. The molecule has 0 saturated heterocycles. The zero-order valence-electron chi connectivity index (χ0n) is 11.7. The summed E-state index contributed by atoms with van der Waals surface area (Å²) in [5, 5.41) is 5.09. The number of Topliss-reactive ketones (excluding diaryl/α,β-unsaturated/α-hetero) is 1. The van der Waals surface area contributed by atoms with E-state index in [9.17, 15) is 4.79 Å². The second-order valence-corrected chi connectivity index (χ2v) is 6.20. The number of aryl methyl sites for hydroxylation is 2. The Morgan fingerprint density at radius 3 is 2.74 bits per heavy atom. The van der Waals surface area contributed by atoms with Crippen molar-refractivity contribution < 1.29 is 4.79 Å². The van der Waals surface area contributed by atoms with Crippen LogP contribution in [0.4, 0.5) is 0 Å². The van der Waals surface area contributed by atoms with Gasteiger partial charge in [-0.1, -0.05) is 13.8 Å². The van der Waals surface area contributed by atoms with Crippen molar-refractivity contribution in [3.63, 3.8) is 0 Å². The number of carbonyl (C=O) groups is 1. The van der Waals surface area contributed by atoms with E-state index in [1.54, 1.807) is 0 Å². The van der Waals surface area contributed by atoms with Gasteiger partial charge in [0.05, 0.1) is 22.0 Å². The molecule has 102 valence electrons. The van der Waals surface area contributed by atoms with E-state index in [1.807, 2.05) is 18.5 Å². The Morgan fingerprint density at radius 1 is 1.42 bits per heavy atom. The van der Waals surface area contributed by atoms with Crippen molar-refractivity contribution in [2.75, 3.05) is 0 Å². The average molecular weight is 278 g/mol. The van der Waals surface area contributed by atoms with Crippen molar-refractivity contribution in [3.8, 4) is 0 Å². The number of hydrogen-bond donors (Lipinski definition) is 0. The Labute approximate surface area is 116 Å². The quantitative estimate of drug-likeness (QED) is 0.788. The summed E-state index contributed by atoms with van der Waals surface area (Å²) in [6, 6.07) is 0. The molecule has 2 rings (SSSR count). The van der Waals surface area contributed by atoms with Gasteiger partial charge >= 0.3 is 0 Å². The average Bonchev–Trinajstić information content (AvgIpc) is 2.85. The highest BCUT2D eigenvalue weighted by Gasteiger charge is 2.17. The summed E-state index contributed by atoms with van der Waals surface area (Å²) in [5.41, 5.74) is 0.808. The number of ketones is 1. The van der Waals surface area contributed by atoms with Crippen LogP contribution in [-0.2, 0) is 13.0 Å². The predicted octanol–water partition coefficient (Wildman–Crippen LogP) is 2.43. The smallest absolute Gasteiger partial charge is 0.182 e. The van der Waals surface area contributed by atoms with E-state index in [0.29, 0.717) is 5.92 Å². The maximum Gasteiger partial charge on any atom is 0.182 e. The van der Waals surface area contributed by atoms with Crippen molar-refractivity contribution in [1.82, 2.24) is 19.7 Å². The van der Waals surface area contributed by atoms with Gasteiger partial charge in [-0.25, -0.2) is 14.6 Å². The summed E-state index contributed by atoms with van der Waals surface area (Å²) in [6.07, 6.45) is 1.80. The number of hydrogen-bond acceptors (Lipinski definition) is 5. The normalized spacial score (nSPS) is 11.2. The highest BCUT2D eigenvalue weighted by Crippen LogP contribution is 2.19. The van der Waals surface area contributed by atoms with E-state index in [-0.39, 0.29) is 12.2 Å². The van der Waals surface area contributed by atoms with Gasteiger partial charge in [0.2, 0.25) is 0 Å². The molecule has 0 bridgehead atoms. The van der Waals surface area contributed by atoms with E-state index in [4.69, 9.17) is 0 Å². The maximum atomic E-state index is 12.3. The second-order valence-electron chi connectivity index (χ2n) is 5.00. The Bertz CT molecular complexity index is 585. The highest BCUT2D eigenvalue weighted by atomic mass is 32.1. The van der Waals surface area contributed by atoms with Gasteiger partial charge in [-0.15, -0.1) is 11.3 Å². The van der Waals surface area contributed by atoms with Crippen LogP contribution in [0.2, 0.25) is 0 Å². The monoisotopic (exact) mass is 278 g/mol. The molecule has 19 heavy (non-hydrogen) atoms. The van der Waals surface area contributed by atoms with Crippen molar-refractivity contribution in [1.29, 1.82) is 0 Å². The minimum absolute atomic E-state index is 0.0705. The molecular weight excluding hydrogens is 260 g/mol. The molecule has 0 aliphatic heterocycles. The fourth-order valence-electron chi connectivity index (χ4n) is 1.94. The largest absolute Gasteiger partial charge is 0.293 e. The minimum atomic E-state index is 0.0705. The van der Waals surface area contributed by atoms with Gasteiger partial charge in [0.15, 0.2) is 5.78 Å². The molecule has 0 saturated carbocycles.